The number of unbranched alkanes of at least 4 members (excludes halogenated alkanes) is 3. The predicted octanol–water partition coefficient (Wildman–Crippen LogP) is 0.616. The smallest absolute Gasteiger partial charge is 0.326 e. The number of aliphatic carboxylic acids is 3. The van der Waals surface area contributed by atoms with Gasteiger partial charge in [-0.1, -0.05) is 26.2 Å². The van der Waals surface area contributed by atoms with Crippen LogP contribution in [0.3, 0.4) is 0 Å². The van der Waals surface area contributed by atoms with Crippen LogP contribution >= 0.6 is 11.8 Å². The number of hydrogen-bond acceptors (Lipinski definition) is 8. The topological polar surface area (TPSA) is 213 Å². The van der Waals surface area contributed by atoms with Crippen molar-refractivity contribution < 1.29 is 44.1 Å². The van der Waals surface area contributed by atoms with E-state index in [0.717, 1.165) is 31.0 Å². The molecule has 0 fully saturated rings. The number of hydrogen-bond donors (Lipinski definition) is 6. The van der Waals surface area contributed by atoms with E-state index in [0.29, 0.717) is 6.42 Å². The monoisotopic (exact) mass is 519 g/mol. The fraction of sp³-hybridized carbons (Fsp3) is 0.727. The van der Waals surface area contributed by atoms with Gasteiger partial charge >= 0.3 is 17.9 Å². The van der Waals surface area contributed by atoms with E-state index in [1.807, 2.05) is 6.92 Å². The molecule has 13 heteroatoms. The lowest BCUT2D eigenvalue weighted by Crippen LogP contribution is -2.43. The van der Waals surface area contributed by atoms with Crippen LogP contribution in [0, 0.1) is 5.92 Å². The van der Waals surface area contributed by atoms with Crippen LogP contribution < -0.4 is 16.4 Å². The zero-order valence-electron chi connectivity index (χ0n) is 20.2. The Bertz CT molecular complexity index is 748. The number of rotatable bonds is 20. The molecule has 0 aromatic heterocycles. The van der Waals surface area contributed by atoms with Gasteiger partial charge in [-0.25, -0.2) is 4.79 Å². The highest BCUT2D eigenvalue weighted by Crippen LogP contribution is 2.17. The van der Waals surface area contributed by atoms with Crippen LogP contribution in [0.2, 0.25) is 0 Å². The Balaban J connectivity index is 4.95. The molecular weight excluding hydrogens is 482 g/mol. The average Bonchev–Trinajstić information content (AvgIpc) is 2.78. The molecule has 0 aliphatic heterocycles. The Labute approximate surface area is 208 Å². The van der Waals surface area contributed by atoms with Crippen molar-refractivity contribution in [2.75, 3.05) is 11.5 Å². The van der Waals surface area contributed by atoms with Gasteiger partial charge in [0.25, 0.3) is 0 Å². The molecule has 35 heavy (non-hydrogen) atoms. The van der Waals surface area contributed by atoms with Crippen LogP contribution in [0.1, 0.15) is 65.2 Å². The lowest BCUT2D eigenvalue weighted by molar-refractivity contribution is -0.142. The van der Waals surface area contributed by atoms with Crippen molar-refractivity contribution >= 4 is 47.3 Å². The zero-order chi connectivity index (χ0) is 27.0. The molecule has 0 aromatic carbocycles. The first-order valence-electron chi connectivity index (χ1n) is 11.5. The molecule has 7 N–H and O–H groups in total. The van der Waals surface area contributed by atoms with Gasteiger partial charge in [-0.3, -0.25) is 24.0 Å². The maximum atomic E-state index is 12.5. The lowest BCUT2D eigenvalue weighted by Gasteiger charge is -2.19. The second-order valence-electron chi connectivity index (χ2n) is 8.30. The van der Waals surface area contributed by atoms with Gasteiger partial charge < -0.3 is 31.7 Å². The molecule has 0 rings (SSSR count). The number of thioether (sulfide) groups is 1. The molecule has 0 unspecified atom stereocenters. The Hall–Kier alpha value is -2.67. The summed E-state index contributed by atoms with van der Waals surface area (Å²) in [6.45, 7) is 3.29. The zero-order valence-corrected chi connectivity index (χ0v) is 21.0. The SMILES string of the molecule is CCCCCCC(=O)N[C@H](CCC(=O)C[C@H](CSC[C@H](N)C(=O)O)C(=O)N[C@H](C)C(=O)O)C(=O)O. The van der Waals surface area contributed by atoms with Gasteiger partial charge in [0.2, 0.25) is 11.8 Å². The van der Waals surface area contributed by atoms with Crippen molar-refractivity contribution in [2.24, 2.45) is 11.7 Å². The van der Waals surface area contributed by atoms with Crippen molar-refractivity contribution in [1.82, 2.24) is 10.6 Å². The van der Waals surface area contributed by atoms with Crippen LogP contribution in [0.5, 0.6) is 0 Å². The molecule has 0 aliphatic carbocycles. The summed E-state index contributed by atoms with van der Waals surface area (Å²) in [6, 6.07) is -3.62. The quantitative estimate of drug-likeness (QED) is 0.123. The number of ketones is 1. The summed E-state index contributed by atoms with van der Waals surface area (Å²) in [6.07, 6.45) is 2.99. The summed E-state index contributed by atoms with van der Waals surface area (Å²) in [5, 5.41) is 31.9. The molecule has 0 spiro atoms. The van der Waals surface area contributed by atoms with Crippen LogP contribution in [0.4, 0.5) is 0 Å². The molecule has 0 heterocycles. The number of carboxylic acids is 3. The fourth-order valence-electron chi connectivity index (χ4n) is 2.95. The second-order valence-corrected chi connectivity index (χ2v) is 9.37. The molecule has 0 radical (unpaired) electrons. The van der Waals surface area contributed by atoms with E-state index in [-0.39, 0.29) is 37.2 Å². The van der Waals surface area contributed by atoms with E-state index in [2.05, 4.69) is 10.6 Å². The molecule has 2 amide bonds. The standard InChI is InChI=1S/C22H37N3O9S/c1-3-4-5-6-7-18(27)25-17(22(33)34)9-8-15(26)10-14(11-35-12-16(23)21(31)32)19(28)24-13(2)20(29)30/h13-14,16-17H,3-12,23H2,1-2H3,(H,24,28)(H,25,27)(H,29,30)(H,31,32)(H,33,34)/t13-,14-,16+,17-/m1/s1. The molecule has 0 bridgehead atoms. The van der Waals surface area contributed by atoms with Gasteiger partial charge in [-0.15, -0.1) is 0 Å². The number of carbonyl (C=O) groups is 6. The molecule has 0 saturated carbocycles. The van der Waals surface area contributed by atoms with E-state index >= 15 is 0 Å². The Morgan fingerprint density at radius 1 is 0.857 bits per heavy atom. The number of nitrogens with one attached hydrogen (secondary N) is 2. The highest BCUT2D eigenvalue weighted by atomic mass is 32.2. The minimum absolute atomic E-state index is 0.0156. The van der Waals surface area contributed by atoms with Crippen LogP contribution in [-0.4, -0.2) is 80.5 Å². The third-order valence-corrected chi connectivity index (χ3v) is 6.34. The lowest BCUT2D eigenvalue weighted by atomic mass is 9.98. The molecule has 0 saturated heterocycles. The highest BCUT2D eigenvalue weighted by Gasteiger charge is 2.27. The number of Topliss-reactive ketones (excluding diaryl/α,β-unsaturated/α-hetero) is 1. The molecular formula is C22H37N3O9S. The van der Waals surface area contributed by atoms with Crippen molar-refractivity contribution in [2.45, 2.75) is 83.3 Å². The summed E-state index contributed by atoms with van der Waals surface area (Å²) in [4.78, 5) is 70.4. The highest BCUT2D eigenvalue weighted by molar-refractivity contribution is 7.99. The molecule has 0 aromatic rings. The van der Waals surface area contributed by atoms with Gasteiger partial charge in [0.05, 0.1) is 5.92 Å². The number of nitrogens with two attached hydrogens (primary N) is 1. The van der Waals surface area contributed by atoms with Gasteiger partial charge in [0.1, 0.15) is 23.9 Å². The number of carboxylic acid groups (broad SMARTS) is 3. The third kappa shape index (κ3) is 15.0. The first-order chi connectivity index (χ1) is 16.4. The molecule has 200 valence electrons. The van der Waals surface area contributed by atoms with Gasteiger partial charge in [-0.2, -0.15) is 11.8 Å². The van der Waals surface area contributed by atoms with Gasteiger partial charge in [0.15, 0.2) is 0 Å². The van der Waals surface area contributed by atoms with Crippen LogP contribution in [0.15, 0.2) is 0 Å². The van der Waals surface area contributed by atoms with Crippen molar-refractivity contribution in [3.8, 4) is 0 Å². The Morgan fingerprint density at radius 3 is 2.06 bits per heavy atom. The maximum Gasteiger partial charge on any atom is 0.326 e. The summed E-state index contributed by atoms with van der Waals surface area (Å²) in [7, 11) is 0. The summed E-state index contributed by atoms with van der Waals surface area (Å²) in [5.41, 5.74) is 5.44. The third-order valence-electron chi connectivity index (χ3n) is 5.11. The Morgan fingerprint density at radius 2 is 1.51 bits per heavy atom. The van der Waals surface area contributed by atoms with E-state index in [4.69, 9.17) is 15.9 Å². The first kappa shape index (κ1) is 32.3. The summed E-state index contributed by atoms with van der Waals surface area (Å²) < 4.78 is 0. The second kappa shape index (κ2) is 17.7. The van der Waals surface area contributed by atoms with Crippen molar-refractivity contribution in [3.63, 3.8) is 0 Å². The van der Waals surface area contributed by atoms with Crippen LogP contribution in [-0.2, 0) is 28.8 Å². The number of amides is 2. The molecule has 4 atom stereocenters. The minimum atomic E-state index is -1.28. The van der Waals surface area contributed by atoms with E-state index in [1.165, 1.54) is 6.92 Å². The van der Waals surface area contributed by atoms with E-state index < -0.39 is 59.5 Å². The maximum absolute atomic E-state index is 12.5. The summed E-state index contributed by atoms with van der Waals surface area (Å²) in [5.74, 6) is -6.28. The van der Waals surface area contributed by atoms with Gasteiger partial charge in [0, 0.05) is 30.8 Å². The first-order valence-corrected chi connectivity index (χ1v) is 12.7. The average molecular weight is 520 g/mol. The normalized spacial score (nSPS) is 14.3. The minimum Gasteiger partial charge on any atom is -0.480 e. The summed E-state index contributed by atoms with van der Waals surface area (Å²) >= 11 is 1.03. The largest absolute Gasteiger partial charge is 0.480 e. The van der Waals surface area contributed by atoms with Crippen molar-refractivity contribution in [1.29, 1.82) is 0 Å². The molecule has 0 aliphatic rings. The van der Waals surface area contributed by atoms with E-state index in [1.54, 1.807) is 0 Å². The predicted molar refractivity (Wildman–Crippen MR) is 129 cm³/mol. The van der Waals surface area contributed by atoms with Crippen molar-refractivity contribution in [3.05, 3.63) is 0 Å². The van der Waals surface area contributed by atoms with Gasteiger partial charge in [-0.05, 0) is 19.8 Å². The van der Waals surface area contributed by atoms with Crippen LogP contribution in [0.25, 0.3) is 0 Å². The number of carbonyl (C=O) groups excluding carboxylic acids is 3. The Kier molecular flexibility index (Phi) is 16.4. The fourth-order valence-corrected chi connectivity index (χ4v) is 4.03. The molecule has 12 nitrogen and oxygen atoms in total. The van der Waals surface area contributed by atoms with E-state index in [9.17, 15) is 33.9 Å².